The average Bonchev–Trinajstić information content (AvgIpc) is 2.21. The normalized spacial score (nSPS) is 10.7. The Kier molecular flexibility index (Phi) is 3.45. The summed E-state index contributed by atoms with van der Waals surface area (Å²) in [7, 11) is 0. The molecule has 1 rings (SSSR count). The van der Waals surface area contributed by atoms with Gasteiger partial charge in [-0.3, -0.25) is 4.79 Å². The van der Waals surface area contributed by atoms with E-state index in [-0.39, 0.29) is 10.7 Å². The van der Waals surface area contributed by atoms with E-state index in [4.69, 9.17) is 16.9 Å². The third kappa shape index (κ3) is 2.91. The lowest BCUT2D eigenvalue weighted by Gasteiger charge is -2.17. The van der Waals surface area contributed by atoms with Crippen LogP contribution in [0.1, 0.15) is 24.2 Å². The van der Waals surface area contributed by atoms with Crippen LogP contribution in [-0.4, -0.2) is 16.4 Å². The molecule has 84 valence electrons. The monoisotopic (exact) mass is 241 g/mol. The Bertz CT molecular complexity index is 468. The summed E-state index contributed by atoms with van der Waals surface area (Å²) in [5.74, 6) is -1.30. The van der Waals surface area contributed by atoms with E-state index in [1.807, 2.05) is 6.07 Å². The Balaban J connectivity index is 2.98. The van der Waals surface area contributed by atoms with Crippen LogP contribution in [0, 0.1) is 17.1 Å². The van der Waals surface area contributed by atoms with Crippen molar-refractivity contribution in [2.45, 2.75) is 19.4 Å². The van der Waals surface area contributed by atoms with Crippen LogP contribution < -0.4 is 5.32 Å². The molecule has 1 amide bonds. The molecule has 1 heterocycles. The molecule has 0 saturated heterocycles. The van der Waals surface area contributed by atoms with Crippen LogP contribution in [0.2, 0.25) is 5.15 Å². The molecular formula is C10H9ClFN3O. The van der Waals surface area contributed by atoms with Crippen molar-refractivity contribution in [2.24, 2.45) is 0 Å². The Hall–Kier alpha value is -1.67. The molecule has 0 saturated carbocycles. The molecule has 0 fully saturated rings. The maximum atomic E-state index is 12.9. The fourth-order valence-electron chi connectivity index (χ4n) is 0.961. The molecular weight excluding hydrogens is 233 g/mol. The quantitative estimate of drug-likeness (QED) is 0.805. The van der Waals surface area contributed by atoms with Crippen LogP contribution in [0.3, 0.4) is 0 Å². The lowest BCUT2D eigenvalue weighted by Crippen LogP contribution is -2.42. The highest BCUT2D eigenvalue weighted by Gasteiger charge is 2.22. The summed E-state index contributed by atoms with van der Waals surface area (Å²) in [6.45, 7) is 3.04. The summed E-state index contributed by atoms with van der Waals surface area (Å²) >= 11 is 5.64. The standard InChI is InChI=1S/C10H9ClFN3O/c1-10(2,5-13)15-9(16)7-3-6(12)4-14-8(7)11/h3-4H,1-2H3,(H,15,16). The van der Waals surface area contributed by atoms with Gasteiger partial charge in [0.15, 0.2) is 0 Å². The molecule has 0 aliphatic heterocycles. The molecule has 6 heteroatoms. The van der Waals surface area contributed by atoms with E-state index >= 15 is 0 Å². The fourth-order valence-corrected chi connectivity index (χ4v) is 1.15. The van der Waals surface area contributed by atoms with Gasteiger partial charge in [-0.2, -0.15) is 5.26 Å². The molecule has 0 unspecified atom stereocenters. The van der Waals surface area contributed by atoms with Crippen molar-refractivity contribution in [3.05, 3.63) is 28.8 Å². The summed E-state index contributed by atoms with van der Waals surface area (Å²) in [4.78, 5) is 15.1. The Morgan fingerprint density at radius 3 is 2.88 bits per heavy atom. The van der Waals surface area contributed by atoms with E-state index in [0.29, 0.717) is 0 Å². The first-order valence-corrected chi connectivity index (χ1v) is 4.78. The number of aromatic nitrogens is 1. The van der Waals surface area contributed by atoms with Crippen molar-refractivity contribution in [3.8, 4) is 6.07 Å². The van der Waals surface area contributed by atoms with Gasteiger partial charge in [0, 0.05) is 0 Å². The zero-order valence-corrected chi connectivity index (χ0v) is 9.47. The maximum Gasteiger partial charge on any atom is 0.255 e. The van der Waals surface area contributed by atoms with Crippen LogP contribution in [0.4, 0.5) is 4.39 Å². The van der Waals surface area contributed by atoms with Crippen LogP contribution in [0.5, 0.6) is 0 Å². The van der Waals surface area contributed by atoms with Crippen molar-refractivity contribution < 1.29 is 9.18 Å². The van der Waals surface area contributed by atoms with Crippen molar-refractivity contribution in [1.82, 2.24) is 10.3 Å². The lowest BCUT2D eigenvalue weighted by atomic mass is 10.1. The van der Waals surface area contributed by atoms with Crippen LogP contribution in [0.25, 0.3) is 0 Å². The highest BCUT2D eigenvalue weighted by atomic mass is 35.5. The zero-order valence-electron chi connectivity index (χ0n) is 8.71. The topological polar surface area (TPSA) is 65.8 Å². The second kappa shape index (κ2) is 4.45. The van der Waals surface area contributed by atoms with E-state index in [9.17, 15) is 9.18 Å². The van der Waals surface area contributed by atoms with Crippen LogP contribution >= 0.6 is 11.6 Å². The molecule has 0 aliphatic carbocycles. The second-order valence-corrected chi connectivity index (χ2v) is 4.04. The molecule has 1 N–H and O–H groups in total. The number of pyridine rings is 1. The number of carbonyl (C=O) groups is 1. The van der Waals surface area contributed by atoms with Gasteiger partial charge in [0.25, 0.3) is 5.91 Å². The van der Waals surface area contributed by atoms with E-state index in [1.54, 1.807) is 0 Å². The number of nitrogens with zero attached hydrogens (tertiary/aromatic N) is 2. The summed E-state index contributed by atoms with van der Waals surface area (Å²) in [6.07, 6.45) is 0.911. The molecule has 4 nitrogen and oxygen atoms in total. The maximum absolute atomic E-state index is 12.9. The Labute approximate surface area is 97.0 Å². The highest BCUT2D eigenvalue weighted by Crippen LogP contribution is 2.14. The number of hydrogen-bond donors (Lipinski definition) is 1. The molecule has 1 aromatic rings. The lowest BCUT2D eigenvalue weighted by molar-refractivity contribution is 0.0928. The van der Waals surface area contributed by atoms with Gasteiger partial charge in [-0.15, -0.1) is 0 Å². The van der Waals surface area contributed by atoms with Gasteiger partial charge < -0.3 is 5.32 Å². The number of rotatable bonds is 2. The second-order valence-electron chi connectivity index (χ2n) is 3.68. The first-order chi connectivity index (χ1) is 7.35. The Morgan fingerprint density at radius 1 is 1.69 bits per heavy atom. The van der Waals surface area contributed by atoms with Gasteiger partial charge in [0.05, 0.1) is 17.8 Å². The van der Waals surface area contributed by atoms with Crippen LogP contribution in [-0.2, 0) is 0 Å². The van der Waals surface area contributed by atoms with E-state index in [0.717, 1.165) is 12.3 Å². The number of nitrogens with one attached hydrogen (secondary N) is 1. The van der Waals surface area contributed by atoms with Gasteiger partial charge in [-0.1, -0.05) is 11.6 Å². The summed E-state index contributed by atoms with van der Waals surface area (Å²) in [6, 6.07) is 2.86. The molecule has 1 aromatic heterocycles. The zero-order chi connectivity index (χ0) is 12.3. The van der Waals surface area contributed by atoms with Gasteiger partial charge in [-0.25, -0.2) is 9.37 Å². The first kappa shape index (κ1) is 12.4. The number of hydrogen-bond acceptors (Lipinski definition) is 3. The molecule has 0 bridgehead atoms. The fraction of sp³-hybridized carbons (Fsp3) is 0.300. The van der Waals surface area contributed by atoms with Gasteiger partial charge in [0.1, 0.15) is 16.5 Å². The summed E-state index contributed by atoms with van der Waals surface area (Å²) in [5, 5.41) is 11.0. The number of halogens is 2. The smallest absolute Gasteiger partial charge is 0.255 e. The average molecular weight is 242 g/mol. The minimum absolute atomic E-state index is 0.0926. The highest BCUT2D eigenvalue weighted by molar-refractivity contribution is 6.32. The Morgan fingerprint density at radius 2 is 2.31 bits per heavy atom. The third-order valence-corrected chi connectivity index (χ3v) is 2.06. The van der Waals surface area contributed by atoms with Crippen LogP contribution in [0.15, 0.2) is 12.3 Å². The number of nitriles is 1. The van der Waals surface area contributed by atoms with Gasteiger partial charge in [0.2, 0.25) is 0 Å². The van der Waals surface area contributed by atoms with E-state index in [2.05, 4.69) is 10.3 Å². The summed E-state index contributed by atoms with van der Waals surface area (Å²) < 4.78 is 12.9. The largest absolute Gasteiger partial charge is 0.334 e. The van der Waals surface area contributed by atoms with Crippen molar-refractivity contribution in [2.75, 3.05) is 0 Å². The minimum atomic E-state index is -1.05. The van der Waals surface area contributed by atoms with Crippen molar-refractivity contribution >= 4 is 17.5 Å². The molecule has 0 aliphatic rings. The van der Waals surface area contributed by atoms with Crippen molar-refractivity contribution in [1.29, 1.82) is 5.26 Å². The molecule has 0 radical (unpaired) electrons. The number of amides is 1. The van der Waals surface area contributed by atoms with E-state index in [1.165, 1.54) is 13.8 Å². The van der Waals surface area contributed by atoms with Gasteiger partial charge >= 0.3 is 0 Å². The summed E-state index contributed by atoms with van der Waals surface area (Å²) in [5.41, 5.74) is -1.14. The van der Waals surface area contributed by atoms with E-state index < -0.39 is 17.3 Å². The van der Waals surface area contributed by atoms with Crippen molar-refractivity contribution in [3.63, 3.8) is 0 Å². The minimum Gasteiger partial charge on any atom is -0.334 e. The number of carbonyl (C=O) groups excluding carboxylic acids is 1. The molecule has 0 atom stereocenters. The van der Waals surface area contributed by atoms with Gasteiger partial charge in [-0.05, 0) is 19.9 Å². The molecule has 0 aromatic carbocycles. The predicted octanol–water partition coefficient (Wildman–Crippen LogP) is 1.91. The molecule has 0 spiro atoms. The first-order valence-electron chi connectivity index (χ1n) is 4.40. The molecule has 16 heavy (non-hydrogen) atoms. The predicted molar refractivity (Wildman–Crippen MR) is 56.4 cm³/mol. The SMILES string of the molecule is CC(C)(C#N)NC(=O)c1cc(F)cnc1Cl. The third-order valence-electron chi connectivity index (χ3n) is 1.76.